The van der Waals surface area contributed by atoms with E-state index in [0.717, 1.165) is 5.69 Å². The minimum Gasteiger partial charge on any atom is -0.329 e. The predicted molar refractivity (Wildman–Crippen MR) is 88.2 cm³/mol. The second-order valence-corrected chi connectivity index (χ2v) is 6.60. The van der Waals surface area contributed by atoms with E-state index in [2.05, 4.69) is 4.72 Å². The lowest BCUT2D eigenvalue weighted by Crippen LogP contribution is -2.29. The number of hydrogen-bond donors (Lipinski definition) is 2. The Bertz CT molecular complexity index is 852. The van der Waals surface area contributed by atoms with Crippen LogP contribution in [-0.2, 0) is 10.0 Å². The van der Waals surface area contributed by atoms with Crippen molar-refractivity contribution in [2.24, 2.45) is 5.73 Å². The van der Waals surface area contributed by atoms with Crippen LogP contribution in [0.25, 0.3) is 10.8 Å². The highest BCUT2D eigenvalue weighted by Crippen LogP contribution is 2.39. The Kier molecular flexibility index (Phi) is 4.44. The smallest absolute Gasteiger partial charge is 0.258 e. The van der Waals surface area contributed by atoms with Crippen LogP contribution in [-0.4, -0.2) is 34.5 Å². The fraction of sp³-hybridized carbons (Fsp3) is 0.214. The van der Waals surface area contributed by atoms with Crippen LogP contribution < -0.4 is 15.4 Å². The van der Waals surface area contributed by atoms with Gasteiger partial charge < -0.3 is 10.6 Å². The molecule has 1 aliphatic heterocycles. The van der Waals surface area contributed by atoms with Crippen LogP contribution in [0.15, 0.2) is 35.2 Å². The van der Waals surface area contributed by atoms with Gasteiger partial charge in [0, 0.05) is 36.5 Å². The molecule has 0 saturated carbocycles. The van der Waals surface area contributed by atoms with Gasteiger partial charge in [-0.2, -0.15) is 0 Å². The quantitative estimate of drug-likeness (QED) is 0.870. The number of benzene rings is 2. The van der Waals surface area contributed by atoms with Gasteiger partial charge in [0.2, 0.25) is 10.0 Å². The fourth-order valence-electron chi connectivity index (χ4n) is 2.61. The lowest BCUT2D eigenvalue weighted by Gasteiger charge is -2.12. The van der Waals surface area contributed by atoms with Crippen LogP contribution in [0.4, 0.5) is 5.69 Å². The van der Waals surface area contributed by atoms with Crippen molar-refractivity contribution in [1.82, 2.24) is 4.72 Å². The van der Waals surface area contributed by atoms with Gasteiger partial charge in [0.1, 0.15) is 0 Å². The summed E-state index contributed by atoms with van der Waals surface area (Å²) in [4.78, 5) is 13.9. The molecule has 3 rings (SSSR count). The molecule has 0 saturated heterocycles. The number of sulfonamides is 1. The zero-order valence-corrected chi connectivity index (χ0v) is 13.5. The summed E-state index contributed by atoms with van der Waals surface area (Å²) in [6.45, 7) is 0.395. The summed E-state index contributed by atoms with van der Waals surface area (Å²) in [6, 6.07) is 8.30. The molecule has 0 spiro atoms. The van der Waals surface area contributed by atoms with Crippen LogP contribution >= 0.6 is 12.4 Å². The van der Waals surface area contributed by atoms with E-state index in [9.17, 15) is 13.2 Å². The van der Waals surface area contributed by atoms with Crippen molar-refractivity contribution in [3.8, 4) is 0 Å². The summed E-state index contributed by atoms with van der Waals surface area (Å²) in [7, 11) is -1.97. The van der Waals surface area contributed by atoms with E-state index >= 15 is 0 Å². The zero-order chi connectivity index (χ0) is 15.2. The normalized spacial score (nSPS) is 13.5. The summed E-state index contributed by atoms with van der Waals surface area (Å²) in [5.74, 6) is -0.125. The van der Waals surface area contributed by atoms with E-state index in [1.54, 1.807) is 31.3 Å². The van der Waals surface area contributed by atoms with E-state index in [1.165, 1.54) is 11.0 Å². The predicted octanol–water partition coefficient (Wildman–Crippen LogP) is 1.09. The van der Waals surface area contributed by atoms with Crippen LogP contribution in [0, 0.1) is 0 Å². The minimum atomic E-state index is -3.65. The Morgan fingerprint density at radius 3 is 2.64 bits per heavy atom. The van der Waals surface area contributed by atoms with Crippen molar-refractivity contribution in [1.29, 1.82) is 0 Å². The number of rotatable bonds is 4. The summed E-state index contributed by atoms with van der Waals surface area (Å²) in [5.41, 5.74) is 6.60. The molecule has 1 aliphatic rings. The van der Waals surface area contributed by atoms with Gasteiger partial charge in [-0.15, -0.1) is 12.4 Å². The lowest BCUT2D eigenvalue weighted by atomic mass is 10.1. The van der Waals surface area contributed by atoms with E-state index < -0.39 is 10.0 Å². The maximum absolute atomic E-state index is 12.3. The molecule has 6 nitrogen and oxygen atoms in total. The van der Waals surface area contributed by atoms with Crippen LogP contribution in [0.5, 0.6) is 0 Å². The first kappa shape index (κ1) is 16.7. The van der Waals surface area contributed by atoms with Gasteiger partial charge in [-0.1, -0.05) is 12.1 Å². The van der Waals surface area contributed by atoms with Crippen molar-refractivity contribution in [2.75, 3.05) is 25.0 Å². The van der Waals surface area contributed by atoms with Crippen molar-refractivity contribution in [3.63, 3.8) is 0 Å². The summed E-state index contributed by atoms with van der Waals surface area (Å²) < 4.78 is 27.1. The summed E-state index contributed by atoms with van der Waals surface area (Å²) >= 11 is 0. The molecule has 1 amide bonds. The topological polar surface area (TPSA) is 92.5 Å². The lowest BCUT2D eigenvalue weighted by molar-refractivity contribution is 0.0999. The van der Waals surface area contributed by atoms with Gasteiger partial charge >= 0.3 is 0 Å². The molecule has 22 heavy (non-hydrogen) atoms. The molecule has 0 aromatic heterocycles. The Morgan fingerprint density at radius 1 is 1.23 bits per heavy atom. The molecule has 0 radical (unpaired) electrons. The Hall–Kier alpha value is -1.67. The molecule has 1 heterocycles. The third kappa shape index (κ3) is 2.36. The number of amides is 1. The van der Waals surface area contributed by atoms with E-state index in [0.29, 0.717) is 16.3 Å². The third-order valence-electron chi connectivity index (χ3n) is 3.60. The number of halogens is 1. The number of anilines is 1. The number of carbonyl (C=O) groups excluding carboxylic acids is 1. The number of nitrogens with zero attached hydrogens (tertiary/aromatic N) is 1. The van der Waals surface area contributed by atoms with Crippen LogP contribution in [0.3, 0.4) is 0 Å². The molecule has 118 valence electrons. The monoisotopic (exact) mass is 341 g/mol. The molecule has 0 aliphatic carbocycles. The Balaban J connectivity index is 0.00000176. The Morgan fingerprint density at radius 2 is 1.95 bits per heavy atom. The van der Waals surface area contributed by atoms with Gasteiger partial charge in [0.25, 0.3) is 5.91 Å². The van der Waals surface area contributed by atoms with E-state index in [-0.39, 0.29) is 36.3 Å². The van der Waals surface area contributed by atoms with Gasteiger partial charge in [0.15, 0.2) is 0 Å². The van der Waals surface area contributed by atoms with E-state index in [1.807, 2.05) is 0 Å². The first-order valence-electron chi connectivity index (χ1n) is 6.51. The van der Waals surface area contributed by atoms with Crippen molar-refractivity contribution in [3.05, 3.63) is 35.9 Å². The molecule has 2 aromatic rings. The zero-order valence-electron chi connectivity index (χ0n) is 11.9. The van der Waals surface area contributed by atoms with Gasteiger partial charge in [0.05, 0.1) is 10.6 Å². The van der Waals surface area contributed by atoms with Crippen LogP contribution in [0.2, 0.25) is 0 Å². The summed E-state index contributed by atoms with van der Waals surface area (Å²) in [6.07, 6.45) is 0. The van der Waals surface area contributed by atoms with Gasteiger partial charge in [-0.25, -0.2) is 13.1 Å². The van der Waals surface area contributed by atoms with Crippen LogP contribution in [0.1, 0.15) is 10.4 Å². The standard InChI is InChI=1S/C14H15N3O3S.ClH/c1-17-11-5-6-12(21(19,20)16-8-7-15)9-3-2-4-10(13(9)11)14(17)18;/h2-6,16H,7-8,15H2,1H3;1H. The van der Waals surface area contributed by atoms with E-state index in [4.69, 9.17) is 5.73 Å². The highest BCUT2D eigenvalue weighted by atomic mass is 35.5. The minimum absolute atomic E-state index is 0. The highest BCUT2D eigenvalue weighted by molar-refractivity contribution is 7.89. The molecule has 2 aromatic carbocycles. The SMILES string of the molecule is CN1C(=O)c2cccc3c(S(=O)(=O)NCCN)ccc1c23.Cl. The molecular weight excluding hydrogens is 326 g/mol. The maximum atomic E-state index is 12.3. The molecule has 8 heteroatoms. The number of carbonyl (C=O) groups is 1. The van der Waals surface area contributed by atoms with Gasteiger partial charge in [-0.05, 0) is 18.2 Å². The highest BCUT2D eigenvalue weighted by Gasteiger charge is 2.29. The van der Waals surface area contributed by atoms with Crippen molar-refractivity contribution < 1.29 is 13.2 Å². The van der Waals surface area contributed by atoms with Crippen molar-refractivity contribution in [2.45, 2.75) is 4.90 Å². The molecule has 0 fully saturated rings. The fourth-order valence-corrected chi connectivity index (χ4v) is 3.86. The molecule has 3 N–H and O–H groups in total. The first-order chi connectivity index (χ1) is 9.97. The second-order valence-electron chi connectivity index (χ2n) is 4.86. The number of hydrogen-bond acceptors (Lipinski definition) is 4. The van der Waals surface area contributed by atoms with Crippen molar-refractivity contribution >= 4 is 44.8 Å². The number of nitrogens with one attached hydrogen (secondary N) is 1. The third-order valence-corrected chi connectivity index (χ3v) is 5.12. The van der Waals surface area contributed by atoms with Gasteiger partial charge in [-0.3, -0.25) is 4.79 Å². The average Bonchev–Trinajstić information content (AvgIpc) is 2.72. The Labute approximate surface area is 134 Å². The second kappa shape index (κ2) is 5.85. The molecule has 0 unspecified atom stereocenters. The summed E-state index contributed by atoms with van der Waals surface area (Å²) in [5, 5.41) is 1.23. The largest absolute Gasteiger partial charge is 0.329 e. The molecule has 0 atom stereocenters. The average molecular weight is 342 g/mol. The molecule has 0 bridgehead atoms. The molecular formula is C14H16ClN3O3S. The number of nitrogens with two attached hydrogens (primary N) is 1. The first-order valence-corrected chi connectivity index (χ1v) is 7.99. The maximum Gasteiger partial charge on any atom is 0.258 e.